The summed E-state index contributed by atoms with van der Waals surface area (Å²) in [5.74, 6) is -0.936. The zero-order valence-corrected chi connectivity index (χ0v) is 6.80. The molecule has 4 heteroatoms. The quantitative estimate of drug-likeness (QED) is 0.481. The SMILES string of the molecule is O=C1NC2CCCC(C2)NC1=O. The monoisotopic (exact) mass is 168 g/mol. The Morgan fingerprint density at radius 2 is 1.50 bits per heavy atom. The molecule has 2 rings (SSSR count). The second-order valence-corrected chi connectivity index (χ2v) is 3.51. The lowest BCUT2D eigenvalue weighted by Gasteiger charge is -2.25. The normalized spacial score (nSPS) is 35.0. The van der Waals surface area contributed by atoms with Crippen molar-refractivity contribution in [2.75, 3.05) is 0 Å². The Balaban J connectivity index is 2.14. The van der Waals surface area contributed by atoms with Gasteiger partial charge in [-0.1, -0.05) is 0 Å². The van der Waals surface area contributed by atoms with Gasteiger partial charge < -0.3 is 10.6 Å². The molecule has 0 aromatic heterocycles. The van der Waals surface area contributed by atoms with Crippen molar-refractivity contribution in [3.63, 3.8) is 0 Å². The second-order valence-electron chi connectivity index (χ2n) is 3.51. The summed E-state index contributed by atoms with van der Waals surface area (Å²) in [4.78, 5) is 22.1. The fourth-order valence-electron chi connectivity index (χ4n) is 1.95. The van der Waals surface area contributed by atoms with Crippen molar-refractivity contribution in [2.24, 2.45) is 0 Å². The minimum Gasteiger partial charge on any atom is -0.345 e. The van der Waals surface area contributed by atoms with Crippen LogP contribution in [0.2, 0.25) is 0 Å². The first-order chi connectivity index (χ1) is 5.75. The predicted molar refractivity (Wildman–Crippen MR) is 42.3 cm³/mol. The number of nitrogens with one attached hydrogen (secondary N) is 2. The van der Waals surface area contributed by atoms with Crippen molar-refractivity contribution in [1.82, 2.24) is 10.6 Å². The third-order valence-corrected chi connectivity index (χ3v) is 2.55. The van der Waals surface area contributed by atoms with Gasteiger partial charge in [-0.2, -0.15) is 0 Å². The number of amides is 2. The van der Waals surface area contributed by atoms with E-state index in [1.165, 1.54) is 0 Å². The highest BCUT2D eigenvalue weighted by Gasteiger charge is 2.30. The summed E-state index contributed by atoms with van der Waals surface area (Å²) in [5, 5.41) is 5.42. The Morgan fingerprint density at radius 3 is 2.00 bits per heavy atom. The fraction of sp³-hybridized carbons (Fsp3) is 0.750. The second kappa shape index (κ2) is 2.77. The Kier molecular flexibility index (Phi) is 1.75. The number of rotatable bonds is 0. The summed E-state index contributed by atoms with van der Waals surface area (Å²) in [6.45, 7) is 0. The molecule has 2 atom stereocenters. The molecule has 2 N–H and O–H groups in total. The summed E-state index contributed by atoms with van der Waals surface area (Å²) in [6, 6.07) is 0.436. The fourth-order valence-corrected chi connectivity index (χ4v) is 1.95. The molecule has 0 aromatic rings. The van der Waals surface area contributed by atoms with E-state index in [0.29, 0.717) is 0 Å². The maximum absolute atomic E-state index is 11.0. The Labute approximate surface area is 70.7 Å². The first-order valence-corrected chi connectivity index (χ1v) is 4.37. The number of hydrogen-bond donors (Lipinski definition) is 2. The molecular weight excluding hydrogens is 156 g/mol. The van der Waals surface area contributed by atoms with E-state index < -0.39 is 11.8 Å². The molecule has 12 heavy (non-hydrogen) atoms. The van der Waals surface area contributed by atoms with Gasteiger partial charge in [-0.15, -0.1) is 0 Å². The van der Waals surface area contributed by atoms with E-state index in [1.807, 2.05) is 0 Å². The summed E-state index contributed by atoms with van der Waals surface area (Å²) in [7, 11) is 0. The van der Waals surface area contributed by atoms with E-state index in [4.69, 9.17) is 0 Å². The summed E-state index contributed by atoms with van der Waals surface area (Å²) in [5.41, 5.74) is 0. The van der Waals surface area contributed by atoms with Crippen LogP contribution in [0.4, 0.5) is 0 Å². The summed E-state index contributed by atoms with van der Waals surface area (Å²) < 4.78 is 0. The van der Waals surface area contributed by atoms with Gasteiger partial charge in [0.05, 0.1) is 0 Å². The molecular formula is C8H12N2O2. The van der Waals surface area contributed by atoms with Crippen LogP contribution < -0.4 is 10.6 Å². The minimum atomic E-state index is -0.468. The Bertz CT molecular complexity index is 205. The zero-order valence-electron chi connectivity index (χ0n) is 6.80. The van der Waals surface area contributed by atoms with E-state index in [0.717, 1.165) is 25.7 Å². The van der Waals surface area contributed by atoms with Crippen molar-refractivity contribution in [3.05, 3.63) is 0 Å². The molecule has 2 unspecified atom stereocenters. The molecule has 0 aromatic carbocycles. The van der Waals surface area contributed by atoms with Crippen LogP contribution in [0.3, 0.4) is 0 Å². The highest BCUT2D eigenvalue weighted by atomic mass is 16.2. The van der Waals surface area contributed by atoms with Gasteiger partial charge >= 0.3 is 11.8 Å². The Morgan fingerprint density at radius 1 is 1.00 bits per heavy atom. The van der Waals surface area contributed by atoms with E-state index in [1.54, 1.807) is 0 Å². The van der Waals surface area contributed by atoms with Crippen molar-refractivity contribution in [3.8, 4) is 0 Å². The molecule has 0 radical (unpaired) electrons. The molecule has 2 fully saturated rings. The van der Waals surface area contributed by atoms with Crippen LogP contribution in [0.1, 0.15) is 25.7 Å². The molecule has 0 spiro atoms. The van der Waals surface area contributed by atoms with Gasteiger partial charge in [-0.05, 0) is 25.7 Å². The lowest BCUT2D eigenvalue weighted by atomic mass is 9.92. The van der Waals surface area contributed by atoms with E-state index in [2.05, 4.69) is 10.6 Å². The first-order valence-electron chi connectivity index (χ1n) is 4.37. The maximum atomic E-state index is 11.0. The molecule has 1 heterocycles. The average molecular weight is 168 g/mol. The number of fused-ring (bicyclic) bond motifs is 2. The van der Waals surface area contributed by atoms with Crippen LogP contribution in [0.25, 0.3) is 0 Å². The van der Waals surface area contributed by atoms with Gasteiger partial charge in [-0.3, -0.25) is 9.59 Å². The van der Waals surface area contributed by atoms with Gasteiger partial charge in [0.15, 0.2) is 0 Å². The number of hydrogen-bond acceptors (Lipinski definition) is 2. The third-order valence-electron chi connectivity index (χ3n) is 2.55. The molecule has 2 aliphatic rings. The molecule has 66 valence electrons. The van der Waals surface area contributed by atoms with Crippen molar-refractivity contribution in [2.45, 2.75) is 37.8 Å². The summed E-state index contributed by atoms with van der Waals surface area (Å²) in [6.07, 6.45) is 4.02. The lowest BCUT2D eigenvalue weighted by molar-refractivity contribution is -0.139. The Hall–Kier alpha value is -1.06. The molecule has 1 aliphatic heterocycles. The van der Waals surface area contributed by atoms with Gasteiger partial charge in [0.25, 0.3) is 0 Å². The lowest BCUT2D eigenvalue weighted by Crippen LogP contribution is -2.39. The van der Waals surface area contributed by atoms with E-state index in [9.17, 15) is 9.59 Å². The molecule has 1 aliphatic carbocycles. The van der Waals surface area contributed by atoms with Crippen LogP contribution in [-0.2, 0) is 9.59 Å². The number of carbonyl (C=O) groups excluding carboxylic acids is 2. The van der Waals surface area contributed by atoms with Crippen LogP contribution in [0.5, 0.6) is 0 Å². The van der Waals surface area contributed by atoms with Gasteiger partial charge in [0.1, 0.15) is 0 Å². The van der Waals surface area contributed by atoms with Gasteiger partial charge in [0, 0.05) is 12.1 Å². The van der Waals surface area contributed by atoms with Crippen molar-refractivity contribution in [1.29, 1.82) is 0 Å². The van der Waals surface area contributed by atoms with Crippen LogP contribution >= 0.6 is 0 Å². The van der Waals surface area contributed by atoms with Crippen LogP contribution in [0, 0.1) is 0 Å². The minimum absolute atomic E-state index is 0.218. The van der Waals surface area contributed by atoms with Crippen LogP contribution in [0.15, 0.2) is 0 Å². The van der Waals surface area contributed by atoms with Crippen molar-refractivity contribution < 1.29 is 9.59 Å². The largest absolute Gasteiger partial charge is 0.345 e. The predicted octanol–water partition coefficient (Wildman–Crippen LogP) is -0.456. The first kappa shape index (κ1) is 7.58. The third kappa shape index (κ3) is 1.29. The molecule has 1 saturated carbocycles. The zero-order chi connectivity index (χ0) is 8.55. The van der Waals surface area contributed by atoms with E-state index >= 15 is 0 Å². The van der Waals surface area contributed by atoms with Gasteiger partial charge in [-0.25, -0.2) is 0 Å². The smallest absolute Gasteiger partial charge is 0.309 e. The molecule has 2 amide bonds. The average Bonchev–Trinajstić information content (AvgIpc) is 2.11. The van der Waals surface area contributed by atoms with Gasteiger partial charge in [0.2, 0.25) is 0 Å². The number of carbonyl (C=O) groups is 2. The highest BCUT2D eigenvalue weighted by molar-refractivity contribution is 6.35. The topological polar surface area (TPSA) is 58.2 Å². The van der Waals surface area contributed by atoms with Crippen LogP contribution in [-0.4, -0.2) is 23.9 Å². The molecule has 1 saturated heterocycles. The molecule has 2 bridgehead atoms. The highest BCUT2D eigenvalue weighted by Crippen LogP contribution is 2.19. The summed E-state index contributed by atoms with van der Waals surface area (Å²) >= 11 is 0. The van der Waals surface area contributed by atoms with E-state index in [-0.39, 0.29) is 12.1 Å². The van der Waals surface area contributed by atoms with Crippen molar-refractivity contribution >= 4 is 11.8 Å². The maximum Gasteiger partial charge on any atom is 0.309 e. The standard InChI is InChI=1S/C8H12N2O2/c11-7-8(12)10-6-3-1-2-5(4-6)9-7/h5-6H,1-4H2,(H,9,11)(H,10,12). The molecule has 4 nitrogen and oxygen atoms in total.